The summed E-state index contributed by atoms with van der Waals surface area (Å²) in [5, 5.41) is 0. The van der Waals surface area contributed by atoms with Crippen molar-refractivity contribution >= 4 is 11.8 Å². The van der Waals surface area contributed by atoms with E-state index in [1.165, 1.54) is 6.92 Å². The van der Waals surface area contributed by atoms with E-state index in [0.29, 0.717) is 6.42 Å². The lowest BCUT2D eigenvalue weighted by Crippen LogP contribution is -2.56. The maximum Gasteiger partial charge on any atom is 0.303 e. The number of hydrogen-bond donors (Lipinski definition) is 0. The fourth-order valence-electron chi connectivity index (χ4n) is 4.14. The smallest absolute Gasteiger partial charge is 0.303 e. The normalized spacial score (nSPS) is 32.0. The molecule has 4 heteroatoms. The topological polar surface area (TPSA) is 46.6 Å². The van der Waals surface area contributed by atoms with Gasteiger partial charge in [0.2, 0.25) is 0 Å². The molecular formula is C21H27NO3. The molecule has 25 heavy (non-hydrogen) atoms. The van der Waals surface area contributed by atoms with Gasteiger partial charge in [0.1, 0.15) is 11.9 Å². The number of carbonyl (C=O) groups is 2. The molecule has 3 rings (SSSR count). The van der Waals surface area contributed by atoms with Gasteiger partial charge in [-0.1, -0.05) is 43.3 Å². The van der Waals surface area contributed by atoms with E-state index < -0.39 is 0 Å². The summed E-state index contributed by atoms with van der Waals surface area (Å²) in [6.07, 6.45) is 7.41. The maximum absolute atomic E-state index is 12.8. The number of allylic oxidation sites excluding steroid dienone is 1. The Hall–Kier alpha value is -1.94. The van der Waals surface area contributed by atoms with Gasteiger partial charge in [0.05, 0.1) is 6.04 Å². The largest absolute Gasteiger partial charge is 0.457 e. The summed E-state index contributed by atoms with van der Waals surface area (Å²) in [5.74, 6) is -0.192. The van der Waals surface area contributed by atoms with Crippen molar-refractivity contribution in [2.24, 2.45) is 5.92 Å². The predicted molar refractivity (Wildman–Crippen MR) is 97.0 cm³/mol. The third-order valence-corrected chi connectivity index (χ3v) is 5.38. The van der Waals surface area contributed by atoms with Crippen LogP contribution in [0, 0.1) is 5.92 Å². The van der Waals surface area contributed by atoms with Crippen LogP contribution in [0.15, 0.2) is 42.5 Å². The second-order valence-electron chi connectivity index (χ2n) is 7.11. The van der Waals surface area contributed by atoms with Crippen molar-refractivity contribution in [1.29, 1.82) is 0 Å². The Morgan fingerprint density at radius 1 is 1.20 bits per heavy atom. The zero-order valence-electron chi connectivity index (χ0n) is 15.1. The van der Waals surface area contributed by atoms with Crippen LogP contribution in [-0.2, 0) is 14.3 Å². The molecule has 1 saturated heterocycles. The summed E-state index contributed by atoms with van der Waals surface area (Å²) in [4.78, 5) is 26.8. The lowest BCUT2D eigenvalue weighted by molar-refractivity contribution is -0.153. The van der Waals surface area contributed by atoms with E-state index in [1.54, 1.807) is 0 Å². The number of ether oxygens (including phenoxy) is 1. The third-order valence-electron chi connectivity index (χ3n) is 5.38. The van der Waals surface area contributed by atoms with Crippen LogP contribution >= 0.6 is 0 Å². The van der Waals surface area contributed by atoms with Gasteiger partial charge in [0.25, 0.3) is 0 Å². The maximum atomic E-state index is 12.8. The van der Waals surface area contributed by atoms with Crippen LogP contribution in [0.4, 0.5) is 0 Å². The van der Waals surface area contributed by atoms with Crippen LogP contribution in [0.25, 0.3) is 0 Å². The van der Waals surface area contributed by atoms with E-state index in [9.17, 15) is 9.59 Å². The molecule has 0 aliphatic carbocycles. The number of rotatable bonds is 2. The first kappa shape index (κ1) is 17.9. The minimum Gasteiger partial charge on any atom is -0.457 e. The van der Waals surface area contributed by atoms with E-state index in [2.05, 4.69) is 23.1 Å². The molecule has 0 spiro atoms. The van der Waals surface area contributed by atoms with Gasteiger partial charge in [-0.05, 0) is 37.4 Å². The van der Waals surface area contributed by atoms with Crippen LogP contribution in [0.5, 0.6) is 0 Å². The highest BCUT2D eigenvalue weighted by atomic mass is 16.5. The highest BCUT2D eigenvalue weighted by Crippen LogP contribution is 2.38. The van der Waals surface area contributed by atoms with Gasteiger partial charge in [-0.15, -0.1) is 0 Å². The van der Waals surface area contributed by atoms with Gasteiger partial charge in [0, 0.05) is 25.3 Å². The molecule has 1 fully saturated rings. The molecule has 2 aliphatic rings. The molecule has 0 bridgehead atoms. The van der Waals surface area contributed by atoms with Gasteiger partial charge >= 0.3 is 5.97 Å². The summed E-state index contributed by atoms with van der Waals surface area (Å²) in [7, 11) is 0. The second kappa shape index (κ2) is 7.96. The Kier molecular flexibility index (Phi) is 5.69. The van der Waals surface area contributed by atoms with Crippen LogP contribution in [-0.4, -0.2) is 35.3 Å². The lowest BCUT2D eigenvalue weighted by Gasteiger charge is -2.47. The number of piperidine rings is 1. The summed E-state index contributed by atoms with van der Waals surface area (Å²) in [5.41, 5.74) is 1.16. The summed E-state index contributed by atoms with van der Waals surface area (Å²) in [6, 6.07) is 10.2. The number of benzene rings is 1. The third kappa shape index (κ3) is 4.01. The molecule has 0 aromatic heterocycles. The Morgan fingerprint density at radius 3 is 2.68 bits per heavy atom. The summed E-state index contributed by atoms with van der Waals surface area (Å²) >= 11 is 0. The minimum atomic E-state index is -0.374. The van der Waals surface area contributed by atoms with Gasteiger partial charge in [0.15, 0.2) is 0 Å². The number of nitrogens with zero attached hydrogens (tertiary/aromatic N) is 1. The number of ketones is 1. The second-order valence-corrected chi connectivity index (χ2v) is 7.11. The minimum absolute atomic E-state index is 0.0551. The molecule has 4 atom stereocenters. The monoisotopic (exact) mass is 341 g/mol. The first-order valence-corrected chi connectivity index (χ1v) is 9.25. The molecule has 1 aromatic carbocycles. The number of hydrogen-bond acceptors (Lipinski definition) is 4. The van der Waals surface area contributed by atoms with Crippen molar-refractivity contribution in [3.05, 3.63) is 48.0 Å². The molecule has 2 aliphatic heterocycles. The highest BCUT2D eigenvalue weighted by Gasteiger charge is 2.44. The van der Waals surface area contributed by atoms with Gasteiger partial charge in [-0.2, -0.15) is 0 Å². The Labute approximate surface area is 149 Å². The zero-order valence-corrected chi connectivity index (χ0v) is 15.1. The Bertz CT molecular complexity index is 640. The number of esters is 1. The molecule has 0 amide bonds. The molecule has 0 saturated carbocycles. The fourth-order valence-corrected chi connectivity index (χ4v) is 4.14. The van der Waals surface area contributed by atoms with Crippen molar-refractivity contribution in [2.45, 2.75) is 57.7 Å². The van der Waals surface area contributed by atoms with E-state index in [0.717, 1.165) is 31.4 Å². The first-order chi connectivity index (χ1) is 12.1. The van der Waals surface area contributed by atoms with Crippen LogP contribution in [0.3, 0.4) is 0 Å². The van der Waals surface area contributed by atoms with Crippen molar-refractivity contribution in [1.82, 2.24) is 4.90 Å². The van der Waals surface area contributed by atoms with Gasteiger partial charge < -0.3 is 4.74 Å². The molecule has 2 heterocycles. The van der Waals surface area contributed by atoms with E-state index in [1.807, 2.05) is 31.2 Å². The molecule has 4 nitrogen and oxygen atoms in total. The van der Waals surface area contributed by atoms with Crippen molar-refractivity contribution in [3.63, 3.8) is 0 Å². The van der Waals surface area contributed by atoms with E-state index in [4.69, 9.17) is 4.74 Å². The standard InChI is InChI=1S/C21H27NO3/c1-15-19(24)14-18(17-10-6-5-7-11-17)22-13-9-4-3-8-12-20(21(15)22)25-16(2)23/h5-8,10-12,15,18,20-21H,3-4,9,13-14H2,1-2H3/b12-8-/t15-,18+,20-,21-/m1/s1. The van der Waals surface area contributed by atoms with Gasteiger partial charge in [-0.25, -0.2) is 0 Å². The SMILES string of the molecule is CC(=O)O[C@@H]1/C=C\CCCCN2[C@@H]1[C@H](C)C(=O)C[C@H]2c1ccccc1. The van der Waals surface area contributed by atoms with E-state index >= 15 is 0 Å². The van der Waals surface area contributed by atoms with Crippen molar-refractivity contribution in [3.8, 4) is 0 Å². The molecule has 134 valence electrons. The first-order valence-electron chi connectivity index (χ1n) is 9.25. The van der Waals surface area contributed by atoms with Crippen molar-refractivity contribution in [2.75, 3.05) is 6.54 Å². The van der Waals surface area contributed by atoms with Gasteiger partial charge in [-0.3, -0.25) is 14.5 Å². The van der Waals surface area contributed by atoms with Crippen LogP contribution in [0.2, 0.25) is 0 Å². The highest BCUT2D eigenvalue weighted by molar-refractivity contribution is 5.83. The molecule has 0 radical (unpaired) electrons. The Balaban J connectivity index is 2.00. The lowest BCUT2D eigenvalue weighted by atomic mass is 9.80. The fraction of sp³-hybridized carbons (Fsp3) is 0.524. The van der Waals surface area contributed by atoms with Crippen molar-refractivity contribution < 1.29 is 14.3 Å². The average molecular weight is 341 g/mol. The molecule has 0 N–H and O–H groups in total. The molecular weight excluding hydrogens is 314 g/mol. The Morgan fingerprint density at radius 2 is 1.96 bits per heavy atom. The molecule has 0 unspecified atom stereocenters. The number of fused-ring (bicyclic) bond motifs is 1. The number of Topliss-reactive ketones (excluding diaryl/α,β-unsaturated/α-hetero) is 1. The quantitative estimate of drug-likeness (QED) is 0.608. The van der Waals surface area contributed by atoms with Crippen LogP contribution < -0.4 is 0 Å². The molecule has 1 aromatic rings. The number of carbonyl (C=O) groups excluding carboxylic acids is 2. The van der Waals surface area contributed by atoms with Crippen LogP contribution in [0.1, 0.15) is 51.1 Å². The summed E-state index contributed by atoms with van der Waals surface area (Å²) in [6.45, 7) is 4.33. The zero-order chi connectivity index (χ0) is 17.8. The van der Waals surface area contributed by atoms with E-state index in [-0.39, 0.29) is 35.9 Å². The predicted octanol–water partition coefficient (Wildman–Crippen LogP) is 3.68. The average Bonchev–Trinajstić information content (AvgIpc) is 2.69. The summed E-state index contributed by atoms with van der Waals surface area (Å²) < 4.78 is 5.64.